The van der Waals surface area contributed by atoms with Gasteiger partial charge in [0.15, 0.2) is 0 Å². The molecule has 13 heavy (non-hydrogen) atoms. The summed E-state index contributed by atoms with van der Waals surface area (Å²) in [5.41, 5.74) is 7.99. The second-order valence-corrected chi connectivity index (χ2v) is 3.25. The van der Waals surface area contributed by atoms with Gasteiger partial charge >= 0.3 is 0 Å². The van der Waals surface area contributed by atoms with E-state index >= 15 is 0 Å². The molecule has 0 aliphatic rings. The highest BCUT2D eigenvalue weighted by Gasteiger charge is 2.08. The van der Waals surface area contributed by atoms with Gasteiger partial charge in [-0.25, -0.2) is 0 Å². The maximum Gasteiger partial charge on any atom is 0.0685 e. The third-order valence-corrected chi connectivity index (χ3v) is 2.22. The number of aliphatic hydroxyl groups is 1. The third kappa shape index (κ3) is 2.54. The summed E-state index contributed by atoms with van der Waals surface area (Å²) in [4.78, 5) is 0. The first-order valence-electron chi connectivity index (χ1n) is 4.73. The molecule has 0 aliphatic heterocycles. The molecule has 0 heterocycles. The van der Waals surface area contributed by atoms with Crippen molar-refractivity contribution >= 4 is 0 Å². The predicted molar refractivity (Wildman–Crippen MR) is 54.2 cm³/mol. The summed E-state index contributed by atoms with van der Waals surface area (Å²) in [6.07, 6.45) is 2.04. The van der Waals surface area contributed by atoms with Crippen molar-refractivity contribution in [3.63, 3.8) is 0 Å². The molecule has 0 aromatic heterocycles. The molecule has 1 aromatic carbocycles. The summed E-state index contributed by atoms with van der Waals surface area (Å²) in [5, 5.41) is 9.08. The van der Waals surface area contributed by atoms with Crippen LogP contribution in [0.4, 0.5) is 0 Å². The zero-order valence-electron chi connectivity index (χ0n) is 8.03. The van der Waals surface area contributed by atoms with E-state index in [9.17, 15) is 0 Å². The molecule has 0 unspecified atom stereocenters. The van der Waals surface area contributed by atoms with Crippen LogP contribution in [0.2, 0.25) is 0 Å². The first-order chi connectivity index (χ1) is 6.29. The van der Waals surface area contributed by atoms with Gasteiger partial charge in [-0.1, -0.05) is 37.6 Å². The van der Waals surface area contributed by atoms with Gasteiger partial charge in [-0.3, -0.25) is 0 Å². The summed E-state index contributed by atoms with van der Waals surface area (Å²) in [5.74, 6) is 0. The van der Waals surface area contributed by atoms with Gasteiger partial charge in [0.05, 0.1) is 6.61 Å². The van der Waals surface area contributed by atoms with Gasteiger partial charge in [0, 0.05) is 6.04 Å². The molecule has 2 nitrogen and oxygen atoms in total. The van der Waals surface area contributed by atoms with Gasteiger partial charge in [-0.05, 0) is 17.5 Å². The summed E-state index contributed by atoms with van der Waals surface area (Å²) in [6, 6.07) is 7.86. The minimum absolute atomic E-state index is 0.0633. The monoisotopic (exact) mass is 179 g/mol. The molecular formula is C11H17NO. The molecule has 2 heteroatoms. The van der Waals surface area contributed by atoms with E-state index in [4.69, 9.17) is 10.8 Å². The van der Waals surface area contributed by atoms with Crippen molar-refractivity contribution in [3.05, 3.63) is 35.4 Å². The Kier molecular flexibility index (Phi) is 3.93. The maximum atomic E-state index is 9.08. The van der Waals surface area contributed by atoms with Crippen LogP contribution in [-0.4, -0.2) is 5.11 Å². The number of rotatable bonds is 4. The zero-order valence-corrected chi connectivity index (χ0v) is 8.03. The summed E-state index contributed by atoms with van der Waals surface area (Å²) in [6.45, 7) is 2.19. The Morgan fingerprint density at radius 1 is 1.38 bits per heavy atom. The lowest BCUT2D eigenvalue weighted by atomic mass is 9.98. The molecule has 1 rings (SSSR count). The van der Waals surface area contributed by atoms with E-state index in [0.717, 1.165) is 24.0 Å². The number of hydrogen-bond donors (Lipinski definition) is 2. The average molecular weight is 179 g/mol. The van der Waals surface area contributed by atoms with Gasteiger partial charge in [0.2, 0.25) is 0 Å². The van der Waals surface area contributed by atoms with Crippen LogP contribution in [0, 0.1) is 0 Å². The Morgan fingerprint density at radius 2 is 2.08 bits per heavy atom. The number of nitrogens with two attached hydrogens (primary N) is 1. The van der Waals surface area contributed by atoms with Crippen LogP contribution in [0.25, 0.3) is 0 Å². The average Bonchev–Trinajstić information content (AvgIpc) is 2.18. The normalized spacial score (nSPS) is 12.8. The van der Waals surface area contributed by atoms with E-state index < -0.39 is 0 Å². The molecule has 0 radical (unpaired) electrons. The van der Waals surface area contributed by atoms with Gasteiger partial charge in [0.25, 0.3) is 0 Å². The first-order valence-corrected chi connectivity index (χ1v) is 4.73. The predicted octanol–water partition coefficient (Wildman–Crippen LogP) is 1.98. The molecule has 0 fully saturated rings. The second-order valence-electron chi connectivity index (χ2n) is 3.25. The Hall–Kier alpha value is -0.860. The van der Waals surface area contributed by atoms with Crippen LogP contribution < -0.4 is 5.73 Å². The Bertz CT molecular complexity index is 260. The molecule has 1 atom stereocenters. The van der Waals surface area contributed by atoms with E-state index in [2.05, 4.69) is 6.92 Å². The largest absolute Gasteiger partial charge is 0.392 e. The fourth-order valence-corrected chi connectivity index (χ4v) is 1.51. The molecule has 1 aromatic rings. The van der Waals surface area contributed by atoms with Crippen LogP contribution in [0.3, 0.4) is 0 Å². The van der Waals surface area contributed by atoms with Crippen molar-refractivity contribution in [2.75, 3.05) is 0 Å². The molecule has 3 N–H and O–H groups in total. The fraction of sp³-hybridized carbons (Fsp3) is 0.455. The topological polar surface area (TPSA) is 46.2 Å². The summed E-state index contributed by atoms with van der Waals surface area (Å²) < 4.78 is 0. The quantitative estimate of drug-likeness (QED) is 0.742. The highest BCUT2D eigenvalue weighted by Crippen LogP contribution is 2.19. The van der Waals surface area contributed by atoms with Crippen LogP contribution in [0.5, 0.6) is 0 Å². The van der Waals surface area contributed by atoms with Crippen molar-refractivity contribution in [1.29, 1.82) is 0 Å². The lowest BCUT2D eigenvalue weighted by molar-refractivity contribution is 0.279. The Balaban J connectivity index is 2.85. The second kappa shape index (κ2) is 5.00. The van der Waals surface area contributed by atoms with E-state index in [1.54, 1.807) is 0 Å². The first kappa shape index (κ1) is 10.2. The lowest BCUT2D eigenvalue weighted by Gasteiger charge is -2.14. The number of hydrogen-bond acceptors (Lipinski definition) is 2. The SMILES string of the molecule is CCC[C@H](N)c1ccccc1CO. The summed E-state index contributed by atoms with van der Waals surface area (Å²) in [7, 11) is 0. The molecule has 72 valence electrons. The number of benzene rings is 1. The third-order valence-electron chi connectivity index (χ3n) is 2.22. The van der Waals surface area contributed by atoms with E-state index in [1.807, 2.05) is 24.3 Å². The van der Waals surface area contributed by atoms with E-state index in [1.165, 1.54) is 0 Å². The standard InChI is InChI=1S/C11H17NO/c1-2-5-11(12)10-7-4-3-6-9(10)8-13/h3-4,6-7,11,13H,2,5,8,12H2,1H3/t11-/m0/s1. The van der Waals surface area contributed by atoms with Crippen LogP contribution >= 0.6 is 0 Å². The molecule has 0 amide bonds. The van der Waals surface area contributed by atoms with Crippen molar-refractivity contribution in [1.82, 2.24) is 0 Å². The Morgan fingerprint density at radius 3 is 2.69 bits per heavy atom. The molecule has 0 bridgehead atoms. The highest BCUT2D eigenvalue weighted by atomic mass is 16.3. The van der Waals surface area contributed by atoms with Gasteiger partial charge < -0.3 is 10.8 Å². The Labute approximate surface area is 79.4 Å². The van der Waals surface area contributed by atoms with Crippen LogP contribution in [-0.2, 0) is 6.61 Å². The van der Waals surface area contributed by atoms with E-state index in [0.29, 0.717) is 0 Å². The van der Waals surface area contributed by atoms with Gasteiger partial charge in [-0.15, -0.1) is 0 Å². The molecule has 0 saturated heterocycles. The lowest BCUT2D eigenvalue weighted by Crippen LogP contribution is -2.12. The highest BCUT2D eigenvalue weighted by molar-refractivity contribution is 5.29. The molecule has 0 aliphatic carbocycles. The minimum atomic E-state index is 0.0633. The van der Waals surface area contributed by atoms with Crippen molar-refractivity contribution in [2.45, 2.75) is 32.4 Å². The maximum absolute atomic E-state index is 9.08. The molecular weight excluding hydrogens is 162 g/mol. The molecule has 0 saturated carbocycles. The number of aliphatic hydroxyl groups excluding tert-OH is 1. The van der Waals surface area contributed by atoms with Gasteiger partial charge in [0.1, 0.15) is 0 Å². The van der Waals surface area contributed by atoms with Crippen molar-refractivity contribution < 1.29 is 5.11 Å². The van der Waals surface area contributed by atoms with Crippen LogP contribution in [0.15, 0.2) is 24.3 Å². The fourth-order valence-electron chi connectivity index (χ4n) is 1.51. The van der Waals surface area contributed by atoms with Crippen molar-refractivity contribution in [2.24, 2.45) is 5.73 Å². The molecule has 0 spiro atoms. The van der Waals surface area contributed by atoms with Gasteiger partial charge in [-0.2, -0.15) is 0 Å². The van der Waals surface area contributed by atoms with Crippen molar-refractivity contribution in [3.8, 4) is 0 Å². The summed E-state index contributed by atoms with van der Waals surface area (Å²) >= 11 is 0. The zero-order chi connectivity index (χ0) is 9.68. The smallest absolute Gasteiger partial charge is 0.0685 e. The van der Waals surface area contributed by atoms with E-state index in [-0.39, 0.29) is 12.6 Å². The minimum Gasteiger partial charge on any atom is -0.392 e. The van der Waals surface area contributed by atoms with Crippen LogP contribution in [0.1, 0.15) is 36.9 Å².